The maximum atomic E-state index is 8.72. The van der Waals surface area contributed by atoms with Crippen molar-refractivity contribution in [1.29, 1.82) is 0 Å². The molecule has 1 aromatic carbocycles. The van der Waals surface area contributed by atoms with Gasteiger partial charge in [-0.1, -0.05) is 5.16 Å². The lowest BCUT2D eigenvalue weighted by atomic mass is 10.2. The summed E-state index contributed by atoms with van der Waals surface area (Å²) in [6, 6.07) is 8.56. The maximum absolute atomic E-state index is 8.72. The van der Waals surface area contributed by atoms with Gasteiger partial charge in [0.25, 0.3) is 0 Å². The summed E-state index contributed by atoms with van der Waals surface area (Å²) in [7, 11) is 0. The molecular weight excluding hydrogens is 260 g/mol. The fourth-order valence-electron chi connectivity index (χ4n) is 1.53. The monoisotopic (exact) mass is 274 g/mol. The van der Waals surface area contributed by atoms with E-state index in [2.05, 4.69) is 15.4 Å². The van der Waals surface area contributed by atoms with Crippen LogP contribution < -0.4 is 15.2 Å². The Morgan fingerprint density at radius 2 is 1.95 bits per heavy atom. The van der Waals surface area contributed by atoms with Crippen molar-refractivity contribution in [2.24, 2.45) is 10.9 Å². The number of ether oxygens (including phenoxy) is 2. The lowest BCUT2D eigenvalue weighted by molar-refractivity contribution is 0.318. The molecule has 7 heteroatoms. The Labute approximate surface area is 115 Å². The molecule has 1 aromatic heterocycles. The third kappa shape index (κ3) is 3.14. The second kappa shape index (κ2) is 6.37. The minimum absolute atomic E-state index is 0.0964. The Balaban J connectivity index is 2.21. The molecule has 1 heterocycles. The van der Waals surface area contributed by atoms with Crippen molar-refractivity contribution in [3.8, 4) is 17.4 Å². The van der Waals surface area contributed by atoms with Crippen molar-refractivity contribution in [3.05, 3.63) is 42.1 Å². The minimum Gasteiger partial charge on any atom is -0.494 e. The average molecular weight is 274 g/mol. The Kier molecular flexibility index (Phi) is 4.33. The van der Waals surface area contributed by atoms with E-state index in [1.54, 1.807) is 30.3 Å². The third-order valence-corrected chi connectivity index (χ3v) is 2.42. The summed E-state index contributed by atoms with van der Waals surface area (Å²) >= 11 is 0. The molecule has 2 aromatic rings. The van der Waals surface area contributed by atoms with Gasteiger partial charge in [0.1, 0.15) is 11.5 Å². The fourth-order valence-corrected chi connectivity index (χ4v) is 1.53. The number of oxime groups is 1. The van der Waals surface area contributed by atoms with Gasteiger partial charge >= 0.3 is 0 Å². The molecule has 3 N–H and O–H groups in total. The van der Waals surface area contributed by atoms with Crippen LogP contribution in [0.1, 0.15) is 12.5 Å². The molecular formula is C13H14N4O3. The molecule has 0 aliphatic rings. The summed E-state index contributed by atoms with van der Waals surface area (Å²) in [5.74, 6) is 1.35. The zero-order chi connectivity index (χ0) is 14.4. The molecule has 0 saturated carbocycles. The van der Waals surface area contributed by atoms with Gasteiger partial charge in [-0.2, -0.15) is 5.10 Å². The highest BCUT2D eigenvalue weighted by molar-refractivity contribution is 5.98. The van der Waals surface area contributed by atoms with E-state index in [-0.39, 0.29) is 11.7 Å². The molecule has 104 valence electrons. The first-order valence-corrected chi connectivity index (χ1v) is 5.95. The predicted octanol–water partition coefficient (Wildman–Crippen LogP) is 1.76. The lowest BCUT2D eigenvalue weighted by Crippen LogP contribution is -2.15. The molecule has 0 atom stereocenters. The first-order chi connectivity index (χ1) is 9.74. The number of hydrogen-bond acceptors (Lipinski definition) is 6. The Morgan fingerprint density at radius 1 is 1.25 bits per heavy atom. The van der Waals surface area contributed by atoms with Gasteiger partial charge in [-0.3, -0.25) is 0 Å². The SMILES string of the molecule is CCOc1ccc(Oc2nnccc2/C(N)=N/O)cc1. The van der Waals surface area contributed by atoms with Crippen molar-refractivity contribution < 1.29 is 14.7 Å². The number of benzene rings is 1. The van der Waals surface area contributed by atoms with Crippen LogP contribution in [0.25, 0.3) is 0 Å². The highest BCUT2D eigenvalue weighted by Gasteiger charge is 2.11. The number of rotatable bonds is 5. The summed E-state index contributed by atoms with van der Waals surface area (Å²) < 4.78 is 10.9. The van der Waals surface area contributed by atoms with Crippen LogP contribution >= 0.6 is 0 Å². The van der Waals surface area contributed by atoms with E-state index in [1.807, 2.05) is 6.92 Å². The van der Waals surface area contributed by atoms with Crippen LogP contribution in [0.15, 0.2) is 41.7 Å². The van der Waals surface area contributed by atoms with E-state index < -0.39 is 0 Å². The van der Waals surface area contributed by atoms with E-state index in [0.29, 0.717) is 17.9 Å². The summed E-state index contributed by atoms with van der Waals surface area (Å²) in [5.41, 5.74) is 5.90. The van der Waals surface area contributed by atoms with Crippen molar-refractivity contribution in [1.82, 2.24) is 10.2 Å². The first-order valence-electron chi connectivity index (χ1n) is 5.95. The van der Waals surface area contributed by atoms with Gasteiger partial charge in [-0.15, -0.1) is 5.10 Å². The Bertz CT molecular complexity index is 599. The summed E-state index contributed by atoms with van der Waals surface area (Å²) in [4.78, 5) is 0. The van der Waals surface area contributed by atoms with Gasteiger partial charge in [0.15, 0.2) is 5.84 Å². The van der Waals surface area contributed by atoms with Crippen LogP contribution in [-0.2, 0) is 0 Å². The Morgan fingerprint density at radius 3 is 2.60 bits per heavy atom. The van der Waals surface area contributed by atoms with Gasteiger partial charge in [0.2, 0.25) is 5.88 Å². The highest BCUT2D eigenvalue weighted by atomic mass is 16.5. The fraction of sp³-hybridized carbons (Fsp3) is 0.154. The quantitative estimate of drug-likeness (QED) is 0.373. The molecule has 0 unspecified atom stereocenters. The number of nitrogens with zero attached hydrogens (tertiary/aromatic N) is 3. The smallest absolute Gasteiger partial charge is 0.250 e. The van der Waals surface area contributed by atoms with Gasteiger partial charge in [-0.05, 0) is 37.3 Å². The van der Waals surface area contributed by atoms with Gasteiger partial charge in [0, 0.05) is 0 Å². The van der Waals surface area contributed by atoms with Crippen LogP contribution in [0.3, 0.4) is 0 Å². The summed E-state index contributed by atoms with van der Waals surface area (Å²) in [6.07, 6.45) is 1.43. The Hall–Kier alpha value is -2.83. The molecule has 20 heavy (non-hydrogen) atoms. The first kappa shape index (κ1) is 13.6. The van der Waals surface area contributed by atoms with Crippen LogP contribution in [0.5, 0.6) is 17.4 Å². The number of nitrogens with two attached hydrogens (primary N) is 1. The van der Waals surface area contributed by atoms with Crippen molar-refractivity contribution >= 4 is 5.84 Å². The molecule has 0 aliphatic carbocycles. The van der Waals surface area contributed by atoms with E-state index in [0.717, 1.165) is 5.75 Å². The number of aromatic nitrogens is 2. The van der Waals surface area contributed by atoms with Crippen LogP contribution in [0.4, 0.5) is 0 Å². The largest absolute Gasteiger partial charge is 0.494 e. The summed E-state index contributed by atoms with van der Waals surface area (Å²) in [6.45, 7) is 2.51. The van der Waals surface area contributed by atoms with Crippen molar-refractivity contribution in [2.75, 3.05) is 6.61 Å². The second-order valence-corrected chi connectivity index (χ2v) is 3.74. The van der Waals surface area contributed by atoms with Crippen LogP contribution in [-0.4, -0.2) is 27.8 Å². The van der Waals surface area contributed by atoms with Crippen molar-refractivity contribution in [3.63, 3.8) is 0 Å². The van der Waals surface area contributed by atoms with E-state index in [9.17, 15) is 0 Å². The topological polar surface area (TPSA) is 103 Å². The van der Waals surface area contributed by atoms with E-state index in [1.165, 1.54) is 6.20 Å². The molecule has 0 amide bonds. The molecule has 0 radical (unpaired) electrons. The maximum Gasteiger partial charge on any atom is 0.250 e. The zero-order valence-electron chi connectivity index (χ0n) is 10.9. The second-order valence-electron chi connectivity index (χ2n) is 3.74. The third-order valence-electron chi connectivity index (χ3n) is 2.42. The van der Waals surface area contributed by atoms with Crippen molar-refractivity contribution in [2.45, 2.75) is 6.92 Å². The molecule has 0 fully saturated rings. The predicted molar refractivity (Wildman–Crippen MR) is 72.2 cm³/mol. The zero-order valence-corrected chi connectivity index (χ0v) is 10.9. The highest BCUT2D eigenvalue weighted by Crippen LogP contribution is 2.24. The molecule has 2 rings (SSSR count). The molecule has 0 spiro atoms. The summed E-state index contributed by atoms with van der Waals surface area (Å²) in [5, 5.41) is 19.2. The number of hydrogen-bond donors (Lipinski definition) is 2. The minimum atomic E-state index is -0.0964. The van der Waals surface area contributed by atoms with E-state index in [4.69, 9.17) is 20.4 Å². The van der Waals surface area contributed by atoms with Gasteiger partial charge in [-0.25, -0.2) is 0 Å². The molecule has 0 saturated heterocycles. The number of amidine groups is 1. The van der Waals surface area contributed by atoms with E-state index >= 15 is 0 Å². The molecule has 0 bridgehead atoms. The van der Waals surface area contributed by atoms with Crippen LogP contribution in [0, 0.1) is 0 Å². The van der Waals surface area contributed by atoms with Gasteiger partial charge < -0.3 is 20.4 Å². The average Bonchev–Trinajstić information content (AvgIpc) is 2.49. The normalized spacial score (nSPS) is 11.2. The lowest BCUT2D eigenvalue weighted by Gasteiger charge is -2.08. The van der Waals surface area contributed by atoms with Crippen LogP contribution in [0.2, 0.25) is 0 Å². The molecule has 0 aliphatic heterocycles. The molecule has 7 nitrogen and oxygen atoms in total. The standard InChI is InChI=1S/C13H14N4O3/c1-2-19-9-3-5-10(6-4-9)20-13-11(12(14)17-18)7-8-15-16-13/h3-8,18H,2H2,1H3,(H2,14,17). The van der Waals surface area contributed by atoms with Gasteiger partial charge in [0.05, 0.1) is 18.4 Å².